The van der Waals surface area contributed by atoms with Gasteiger partial charge < -0.3 is 19.3 Å². The Morgan fingerprint density at radius 3 is 2.57 bits per heavy atom. The number of carbonyl (C=O) groups excluding carboxylic acids is 3. The lowest BCUT2D eigenvalue weighted by molar-refractivity contribution is -0.145. The number of esters is 1. The molecule has 2 unspecified atom stereocenters. The molecule has 2 atom stereocenters. The predicted octanol–water partition coefficient (Wildman–Crippen LogP) is 1.26. The molecular formula is C16H26N2O5. The van der Waals surface area contributed by atoms with Crippen LogP contribution in [0, 0.1) is 11.8 Å². The maximum absolute atomic E-state index is 12.1. The Balaban J connectivity index is 1.83. The zero-order chi connectivity index (χ0) is 17.2. The standard InChI is InChI=1S/C16H26N2O5/c1-16(2,3)23-15(21)17-6-5-11(8-17)9-18-10-12(7-13(18)19)14(20)22-4/h11-12H,5-10H2,1-4H3. The molecule has 2 aliphatic rings. The van der Waals surface area contributed by atoms with Crippen molar-refractivity contribution < 1.29 is 23.9 Å². The Kier molecular flexibility index (Phi) is 5.16. The molecule has 0 aromatic heterocycles. The van der Waals surface area contributed by atoms with Gasteiger partial charge >= 0.3 is 12.1 Å². The minimum atomic E-state index is -0.506. The molecule has 0 aliphatic carbocycles. The van der Waals surface area contributed by atoms with Crippen molar-refractivity contribution in [2.45, 2.75) is 39.2 Å². The number of methoxy groups -OCH3 is 1. The molecule has 130 valence electrons. The maximum atomic E-state index is 12.1. The summed E-state index contributed by atoms with van der Waals surface area (Å²) in [7, 11) is 1.34. The lowest BCUT2D eigenvalue weighted by Crippen LogP contribution is -2.37. The number of ether oxygens (including phenoxy) is 2. The van der Waals surface area contributed by atoms with Gasteiger partial charge in [-0.3, -0.25) is 9.59 Å². The van der Waals surface area contributed by atoms with Crippen molar-refractivity contribution in [2.75, 3.05) is 33.3 Å². The molecule has 0 saturated carbocycles. The van der Waals surface area contributed by atoms with Gasteiger partial charge in [-0.2, -0.15) is 0 Å². The largest absolute Gasteiger partial charge is 0.469 e. The maximum Gasteiger partial charge on any atom is 0.410 e. The first-order valence-corrected chi connectivity index (χ1v) is 8.03. The van der Waals surface area contributed by atoms with Gasteiger partial charge in [-0.15, -0.1) is 0 Å². The van der Waals surface area contributed by atoms with Crippen molar-refractivity contribution in [3.8, 4) is 0 Å². The van der Waals surface area contributed by atoms with Crippen molar-refractivity contribution in [2.24, 2.45) is 11.8 Å². The fraction of sp³-hybridized carbons (Fsp3) is 0.812. The molecule has 2 fully saturated rings. The van der Waals surface area contributed by atoms with E-state index in [1.807, 2.05) is 20.8 Å². The summed E-state index contributed by atoms with van der Waals surface area (Å²) >= 11 is 0. The Morgan fingerprint density at radius 2 is 1.96 bits per heavy atom. The zero-order valence-electron chi connectivity index (χ0n) is 14.3. The summed E-state index contributed by atoms with van der Waals surface area (Å²) in [5, 5.41) is 0. The van der Waals surface area contributed by atoms with Crippen LogP contribution >= 0.6 is 0 Å². The summed E-state index contributed by atoms with van der Waals surface area (Å²) in [6.45, 7) is 7.74. The van der Waals surface area contributed by atoms with E-state index in [-0.39, 0.29) is 36.2 Å². The Hall–Kier alpha value is -1.79. The molecule has 0 N–H and O–H groups in total. The molecule has 0 aromatic rings. The van der Waals surface area contributed by atoms with E-state index in [0.29, 0.717) is 26.2 Å². The summed E-state index contributed by atoms with van der Waals surface area (Å²) in [4.78, 5) is 39.0. The minimum absolute atomic E-state index is 0.0175. The smallest absolute Gasteiger partial charge is 0.410 e. The molecule has 23 heavy (non-hydrogen) atoms. The molecule has 2 heterocycles. The molecule has 2 saturated heterocycles. The van der Waals surface area contributed by atoms with Crippen LogP contribution in [0.2, 0.25) is 0 Å². The average Bonchev–Trinajstić information content (AvgIpc) is 3.04. The molecule has 7 heteroatoms. The highest BCUT2D eigenvalue weighted by Crippen LogP contribution is 2.25. The first-order valence-electron chi connectivity index (χ1n) is 8.03. The molecule has 2 rings (SSSR count). The monoisotopic (exact) mass is 326 g/mol. The van der Waals surface area contributed by atoms with E-state index in [1.54, 1.807) is 9.80 Å². The molecule has 2 aliphatic heterocycles. The van der Waals surface area contributed by atoms with Crippen LogP contribution in [-0.4, -0.2) is 66.7 Å². The van der Waals surface area contributed by atoms with E-state index in [2.05, 4.69) is 0 Å². The first kappa shape index (κ1) is 17.6. The molecule has 0 spiro atoms. The van der Waals surface area contributed by atoms with Crippen molar-refractivity contribution in [1.29, 1.82) is 0 Å². The third-order valence-electron chi connectivity index (χ3n) is 4.17. The van der Waals surface area contributed by atoms with E-state index in [0.717, 1.165) is 6.42 Å². The van der Waals surface area contributed by atoms with Gasteiger partial charge in [-0.25, -0.2) is 4.79 Å². The number of hydrogen-bond acceptors (Lipinski definition) is 5. The Labute approximate surface area is 136 Å². The molecular weight excluding hydrogens is 300 g/mol. The fourth-order valence-electron chi connectivity index (χ4n) is 3.06. The van der Waals surface area contributed by atoms with Crippen LogP contribution in [0.25, 0.3) is 0 Å². The van der Waals surface area contributed by atoms with Gasteiger partial charge in [0, 0.05) is 32.6 Å². The van der Waals surface area contributed by atoms with Gasteiger partial charge in [0.15, 0.2) is 0 Å². The van der Waals surface area contributed by atoms with Crippen LogP contribution in [0.15, 0.2) is 0 Å². The van der Waals surface area contributed by atoms with Crippen LogP contribution in [0.1, 0.15) is 33.6 Å². The van der Waals surface area contributed by atoms with Gasteiger partial charge in [0.1, 0.15) is 5.60 Å². The number of rotatable bonds is 3. The lowest BCUT2D eigenvalue weighted by atomic mass is 10.1. The summed E-state index contributed by atoms with van der Waals surface area (Å²) < 4.78 is 10.1. The van der Waals surface area contributed by atoms with E-state index in [9.17, 15) is 14.4 Å². The van der Waals surface area contributed by atoms with Crippen molar-refractivity contribution >= 4 is 18.0 Å². The van der Waals surface area contributed by atoms with Crippen molar-refractivity contribution in [1.82, 2.24) is 9.80 Å². The number of likely N-dealkylation sites (tertiary alicyclic amines) is 2. The second-order valence-corrected chi connectivity index (χ2v) is 7.30. The quantitative estimate of drug-likeness (QED) is 0.730. The SMILES string of the molecule is COC(=O)C1CC(=O)N(CC2CCN(C(=O)OC(C)(C)C)C2)C1. The second kappa shape index (κ2) is 6.76. The summed E-state index contributed by atoms with van der Waals surface area (Å²) in [6, 6.07) is 0. The van der Waals surface area contributed by atoms with Gasteiger partial charge in [0.25, 0.3) is 0 Å². The normalized spacial score (nSPS) is 25.0. The third kappa shape index (κ3) is 4.59. The number of hydrogen-bond donors (Lipinski definition) is 0. The van der Waals surface area contributed by atoms with Gasteiger partial charge in [-0.05, 0) is 33.1 Å². The molecule has 0 aromatic carbocycles. The van der Waals surface area contributed by atoms with E-state index in [4.69, 9.17) is 9.47 Å². The van der Waals surface area contributed by atoms with E-state index >= 15 is 0 Å². The molecule has 0 bridgehead atoms. The van der Waals surface area contributed by atoms with Gasteiger partial charge in [0.05, 0.1) is 13.0 Å². The van der Waals surface area contributed by atoms with Crippen molar-refractivity contribution in [3.63, 3.8) is 0 Å². The third-order valence-corrected chi connectivity index (χ3v) is 4.17. The van der Waals surface area contributed by atoms with Crippen LogP contribution in [0.5, 0.6) is 0 Å². The number of carbonyl (C=O) groups is 3. The van der Waals surface area contributed by atoms with Gasteiger partial charge in [0.2, 0.25) is 5.91 Å². The number of nitrogens with zero attached hydrogens (tertiary/aromatic N) is 2. The van der Waals surface area contributed by atoms with Crippen molar-refractivity contribution in [3.05, 3.63) is 0 Å². The highest BCUT2D eigenvalue weighted by molar-refractivity contribution is 5.86. The van der Waals surface area contributed by atoms with E-state index in [1.165, 1.54) is 7.11 Å². The molecule has 0 radical (unpaired) electrons. The molecule has 2 amide bonds. The fourth-order valence-corrected chi connectivity index (χ4v) is 3.06. The first-order chi connectivity index (χ1) is 10.7. The highest BCUT2D eigenvalue weighted by Gasteiger charge is 2.38. The molecule has 7 nitrogen and oxygen atoms in total. The van der Waals surface area contributed by atoms with Crippen LogP contribution in [0.3, 0.4) is 0 Å². The second-order valence-electron chi connectivity index (χ2n) is 7.30. The zero-order valence-corrected chi connectivity index (χ0v) is 14.3. The van der Waals surface area contributed by atoms with Crippen LogP contribution in [0.4, 0.5) is 4.79 Å². The summed E-state index contributed by atoms with van der Waals surface area (Å²) in [5.41, 5.74) is -0.506. The highest BCUT2D eigenvalue weighted by atomic mass is 16.6. The lowest BCUT2D eigenvalue weighted by Gasteiger charge is -2.25. The Bertz CT molecular complexity index is 485. The van der Waals surface area contributed by atoms with Crippen LogP contribution in [-0.2, 0) is 19.1 Å². The summed E-state index contributed by atoms with van der Waals surface area (Å²) in [6.07, 6.45) is 0.751. The van der Waals surface area contributed by atoms with Gasteiger partial charge in [-0.1, -0.05) is 0 Å². The predicted molar refractivity (Wildman–Crippen MR) is 82.6 cm³/mol. The van der Waals surface area contributed by atoms with E-state index < -0.39 is 5.60 Å². The minimum Gasteiger partial charge on any atom is -0.469 e. The summed E-state index contributed by atoms with van der Waals surface area (Å²) in [5.74, 6) is -0.488. The van der Waals surface area contributed by atoms with Crippen LogP contribution < -0.4 is 0 Å². The topological polar surface area (TPSA) is 76.2 Å². The Morgan fingerprint density at radius 1 is 1.26 bits per heavy atom. The number of amides is 2. The average molecular weight is 326 g/mol.